The summed E-state index contributed by atoms with van der Waals surface area (Å²) in [6.07, 6.45) is 1.92. The molecule has 250 valence electrons. The molecule has 15 nitrogen and oxygen atoms in total. The topological polar surface area (TPSA) is 210 Å². The average molecular weight is 660 g/mol. The van der Waals surface area contributed by atoms with Crippen molar-refractivity contribution in [3.05, 3.63) is 58.7 Å². The van der Waals surface area contributed by atoms with E-state index in [2.05, 4.69) is 16.0 Å². The van der Waals surface area contributed by atoms with Gasteiger partial charge in [0.15, 0.2) is 0 Å². The maximum absolute atomic E-state index is 13.9. The lowest BCUT2D eigenvalue weighted by Gasteiger charge is -2.33. The van der Waals surface area contributed by atoms with Gasteiger partial charge in [0.05, 0.1) is 25.2 Å². The summed E-state index contributed by atoms with van der Waals surface area (Å²) in [5.74, 6) is -4.87. The number of benzene rings is 2. The van der Waals surface area contributed by atoms with Crippen molar-refractivity contribution < 1.29 is 53.0 Å². The van der Waals surface area contributed by atoms with E-state index in [0.29, 0.717) is 47.2 Å². The number of fused-ring (bicyclic) bond motifs is 2. The summed E-state index contributed by atoms with van der Waals surface area (Å²) < 4.78 is 10.4. The van der Waals surface area contributed by atoms with Crippen LogP contribution in [0.25, 0.3) is 0 Å². The van der Waals surface area contributed by atoms with Crippen molar-refractivity contribution in [2.24, 2.45) is 5.92 Å². The van der Waals surface area contributed by atoms with Gasteiger partial charge in [-0.2, -0.15) is 0 Å². The van der Waals surface area contributed by atoms with Crippen LogP contribution in [0.4, 0.5) is 0 Å². The summed E-state index contributed by atoms with van der Waals surface area (Å²) in [6, 6.07) is 6.26. The van der Waals surface area contributed by atoms with Crippen LogP contribution < -0.4 is 26.9 Å². The third-order valence-corrected chi connectivity index (χ3v) is 9.15. The minimum Gasteiger partial charge on any atom is -0.423 e. The summed E-state index contributed by atoms with van der Waals surface area (Å²) >= 11 is 0. The van der Waals surface area contributed by atoms with Gasteiger partial charge in [-0.25, -0.2) is 4.79 Å². The molecule has 5 amide bonds. The van der Waals surface area contributed by atoms with E-state index < -0.39 is 73.8 Å². The Morgan fingerprint density at radius 2 is 1.40 bits per heavy atom. The molecule has 3 heterocycles. The van der Waals surface area contributed by atoms with Crippen LogP contribution in [-0.4, -0.2) is 83.0 Å². The third kappa shape index (κ3) is 6.85. The molecule has 6 rings (SSSR count). The molecule has 0 spiro atoms. The smallest absolute Gasteiger partial charge is 0.423 e. The Balaban J connectivity index is 1.20. The molecule has 1 aliphatic carbocycles. The van der Waals surface area contributed by atoms with Crippen LogP contribution in [0.1, 0.15) is 77.3 Å². The summed E-state index contributed by atoms with van der Waals surface area (Å²) in [5.41, 5.74) is 2.66. The second kappa shape index (κ2) is 13.9. The normalized spacial score (nSPS) is 21.4. The molecule has 0 aromatic heterocycles. The predicted octanol–water partition coefficient (Wildman–Crippen LogP) is -1.68. The number of hydroxylamine groups is 2. The maximum atomic E-state index is 13.9. The first-order valence-electron chi connectivity index (χ1n) is 15.8. The Labute approximate surface area is 275 Å². The van der Waals surface area contributed by atoms with E-state index in [9.17, 15) is 38.8 Å². The molecule has 0 bridgehead atoms. The van der Waals surface area contributed by atoms with Crippen molar-refractivity contribution in [3.63, 3.8) is 0 Å². The van der Waals surface area contributed by atoms with Crippen LogP contribution in [0.5, 0.6) is 0 Å². The molecule has 17 heteroatoms. The molecule has 0 radical (unpaired) electrons. The monoisotopic (exact) mass is 660 g/mol. The van der Waals surface area contributed by atoms with E-state index in [1.807, 2.05) is 0 Å². The summed E-state index contributed by atoms with van der Waals surface area (Å²) in [6.45, 7) is 1.92. The van der Waals surface area contributed by atoms with Gasteiger partial charge in [-0.15, -0.1) is 5.06 Å². The Kier molecular flexibility index (Phi) is 9.64. The Bertz CT molecular complexity index is 1660. The zero-order valence-electron chi connectivity index (χ0n) is 26.1. The predicted molar refractivity (Wildman–Crippen MR) is 167 cm³/mol. The molecule has 4 atom stereocenters. The third-order valence-electron chi connectivity index (χ3n) is 9.15. The molecule has 0 unspecified atom stereocenters. The summed E-state index contributed by atoms with van der Waals surface area (Å²) in [5, 5.41) is 29.0. The summed E-state index contributed by atoms with van der Waals surface area (Å²) in [4.78, 5) is 83.1. The van der Waals surface area contributed by atoms with Crippen LogP contribution in [0.2, 0.25) is 0 Å². The SMILES string of the molecule is C[C@H](NC(=O)c1ccc2c(c1)B(O)OC2)[C@H](NC(=O)c1ccc2c(c1)B(O)OC2)C(=O)N[C@H]1CCCC[C@@H]1C(=O)ON1C(=O)CCC1=O. The zero-order valence-corrected chi connectivity index (χ0v) is 26.1. The van der Waals surface area contributed by atoms with Gasteiger partial charge >= 0.3 is 20.2 Å². The van der Waals surface area contributed by atoms with Crippen LogP contribution >= 0.6 is 0 Å². The maximum Gasteiger partial charge on any atom is 0.491 e. The largest absolute Gasteiger partial charge is 0.491 e. The van der Waals surface area contributed by atoms with Crippen LogP contribution in [0.15, 0.2) is 36.4 Å². The number of nitrogens with one attached hydrogen (secondary N) is 3. The van der Waals surface area contributed by atoms with E-state index in [0.717, 1.165) is 5.56 Å². The van der Waals surface area contributed by atoms with Crippen molar-refractivity contribution >= 4 is 60.7 Å². The Morgan fingerprint density at radius 1 is 0.854 bits per heavy atom. The zero-order chi connectivity index (χ0) is 34.1. The van der Waals surface area contributed by atoms with Gasteiger partial charge in [-0.1, -0.05) is 25.0 Å². The van der Waals surface area contributed by atoms with Gasteiger partial charge in [0, 0.05) is 30.0 Å². The van der Waals surface area contributed by atoms with Gasteiger partial charge in [-0.3, -0.25) is 24.0 Å². The average Bonchev–Trinajstić information content (AvgIpc) is 3.75. The van der Waals surface area contributed by atoms with Crippen molar-refractivity contribution in [1.82, 2.24) is 21.0 Å². The fraction of sp³-hybridized carbons (Fsp3) is 0.419. The highest BCUT2D eigenvalue weighted by Gasteiger charge is 2.40. The minimum absolute atomic E-state index is 0.0576. The van der Waals surface area contributed by atoms with Crippen molar-refractivity contribution in [2.45, 2.75) is 76.8 Å². The van der Waals surface area contributed by atoms with E-state index in [1.54, 1.807) is 18.2 Å². The number of rotatable bonds is 9. The van der Waals surface area contributed by atoms with Gasteiger partial charge in [0.2, 0.25) is 5.91 Å². The molecule has 1 saturated heterocycles. The molecular formula is C31H34B2N4O11. The quantitative estimate of drug-likeness (QED) is 0.152. The van der Waals surface area contributed by atoms with E-state index >= 15 is 0 Å². The highest BCUT2D eigenvalue weighted by Crippen LogP contribution is 2.27. The van der Waals surface area contributed by atoms with E-state index in [1.165, 1.54) is 25.1 Å². The Morgan fingerprint density at radius 3 is 1.98 bits per heavy atom. The van der Waals surface area contributed by atoms with Crippen LogP contribution in [0, 0.1) is 5.92 Å². The number of nitrogens with zero attached hydrogens (tertiary/aromatic N) is 1. The fourth-order valence-electron chi connectivity index (χ4n) is 6.40. The fourth-order valence-corrected chi connectivity index (χ4v) is 6.40. The van der Waals surface area contributed by atoms with Gasteiger partial charge in [-0.05, 0) is 66.1 Å². The van der Waals surface area contributed by atoms with Gasteiger partial charge in [0.1, 0.15) is 6.04 Å². The van der Waals surface area contributed by atoms with Gasteiger partial charge in [0.25, 0.3) is 23.6 Å². The summed E-state index contributed by atoms with van der Waals surface area (Å²) in [7, 11) is -2.37. The van der Waals surface area contributed by atoms with Crippen molar-refractivity contribution in [1.29, 1.82) is 0 Å². The molecule has 48 heavy (non-hydrogen) atoms. The van der Waals surface area contributed by atoms with Crippen molar-refractivity contribution in [3.8, 4) is 0 Å². The molecule has 5 N–H and O–H groups in total. The molecule has 4 aliphatic rings. The lowest BCUT2D eigenvalue weighted by atomic mass is 9.78. The van der Waals surface area contributed by atoms with E-state index in [-0.39, 0.29) is 37.2 Å². The first-order valence-corrected chi connectivity index (χ1v) is 15.8. The lowest BCUT2D eigenvalue weighted by Crippen LogP contribution is -2.60. The number of hydrogen-bond acceptors (Lipinski definition) is 11. The molecular weight excluding hydrogens is 626 g/mol. The standard InChI is InChI=1S/C31H34B2N4O11/c1-16(34-28(40)17-6-8-19-14-46-32(44)22(19)12-17)27(36-29(41)18-7-9-20-15-47-33(45)23(20)13-18)30(42)35-24-5-3-2-4-21(24)31(43)48-37-25(38)10-11-26(37)39/h6-9,12-13,16,21,24,27,44-45H,2-5,10-11,14-15H2,1H3,(H,34,40)(H,35,42)(H,36,41)/t16-,21-,24-,27-/m0/s1. The van der Waals surface area contributed by atoms with Crippen LogP contribution in [-0.2, 0) is 46.5 Å². The number of carbonyl (C=O) groups excluding carboxylic acids is 6. The van der Waals surface area contributed by atoms with Crippen molar-refractivity contribution in [2.75, 3.05) is 0 Å². The first-order chi connectivity index (χ1) is 23.0. The lowest BCUT2D eigenvalue weighted by molar-refractivity contribution is -0.202. The molecule has 2 aromatic carbocycles. The molecule has 2 aromatic rings. The number of hydrogen-bond donors (Lipinski definition) is 5. The number of imide groups is 1. The molecule has 1 saturated carbocycles. The molecule has 2 fully saturated rings. The van der Waals surface area contributed by atoms with E-state index in [4.69, 9.17) is 14.1 Å². The van der Waals surface area contributed by atoms with Gasteiger partial charge < -0.3 is 40.1 Å². The molecule has 3 aliphatic heterocycles. The number of carbonyl (C=O) groups is 6. The second-order valence-corrected chi connectivity index (χ2v) is 12.4. The Hall–Kier alpha value is -4.57. The minimum atomic E-state index is -1.35. The second-order valence-electron chi connectivity index (χ2n) is 12.4. The first kappa shape index (κ1) is 33.3. The van der Waals surface area contributed by atoms with Crippen LogP contribution in [0.3, 0.4) is 0 Å². The highest BCUT2D eigenvalue weighted by atomic mass is 16.7. The highest BCUT2D eigenvalue weighted by molar-refractivity contribution is 6.62. The number of amides is 5.